The summed E-state index contributed by atoms with van der Waals surface area (Å²) in [6, 6.07) is 0. The van der Waals surface area contributed by atoms with E-state index in [1.165, 1.54) is 10.9 Å². The summed E-state index contributed by atoms with van der Waals surface area (Å²) in [5.74, 6) is -0.0558. The van der Waals surface area contributed by atoms with Crippen molar-refractivity contribution in [2.45, 2.75) is 12.6 Å². The maximum atomic E-state index is 12.9. The fraction of sp³-hybridized carbons (Fsp3) is 0.375. The van der Waals surface area contributed by atoms with Crippen molar-refractivity contribution in [1.82, 2.24) is 19.5 Å². The number of nitrogens with two attached hydrogens (primary N) is 1. The zero-order valence-electron chi connectivity index (χ0n) is 8.21. The lowest BCUT2D eigenvalue weighted by molar-refractivity contribution is 0.0819. The molecule has 0 aliphatic heterocycles. The van der Waals surface area contributed by atoms with E-state index in [0.29, 0.717) is 0 Å². The summed E-state index contributed by atoms with van der Waals surface area (Å²) in [5.41, 5.74) is 5.92. The fourth-order valence-electron chi connectivity index (χ4n) is 1.36. The first-order valence-corrected chi connectivity index (χ1v) is 4.54. The largest absolute Gasteiger partial charge is 0.394 e. The average Bonchev–Trinajstić information content (AvgIpc) is 2.61. The van der Waals surface area contributed by atoms with Gasteiger partial charge in [0.25, 0.3) is 0 Å². The number of aromatic nitrogens is 4. The third-order valence-corrected chi connectivity index (χ3v) is 2.08. The van der Waals surface area contributed by atoms with Crippen molar-refractivity contribution < 1.29 is 14.6 Å². The van der Waals surface area contributed by atoms with Gasteiger partial charge < -0.3 is 20.5 Å². The molecular weight excluding hydrogens is 217 g/mol. The van der Waals surface area contributed by atoms with E-state index in [2.05, 4.69) is 15.0 Å². The van der Waals surface area contributed by atoms with Gasteiger partial charge in [-0.05, 0) is 0 Å². The third kappa shape index (κ3) is 1.79. The molecule has 0 aliphatic carbocycles. The van der Waals surface area contributed by atoms with Crippen molar-refractivity contribution in [2.75, 3.05) is 12.3 Å². The molecule has 2 aromatic rings. The molecule has 0 radical (unpaired) electrons. The Morgan fingerprint density at radius 2 is 2.25 bits per heavy atom. The number of hydrogen-bond donors (Lipinski definition) is 3. The maximum Gasteiger partial charge on any atom is 0.312 e. The highest BCUT2D eigenvalue weighted by molar-refractivity contribution is 5.81. The lowest BCUT2D eigenvalue weighted by atomic mass is 10.4. The summed E-state index contributed by atoms with van der Waals surface area (Å²) >= 11 is 0. The van der Waals surface area contributed by atoms with E-state index in [4.69, 9.17) is 10.8 Å². The lowest BCUT2D eigenvalue weighted by Gasteiger charge is -2.08. The highest BCUT2D eigenvalue weighted by Crippen LogP contribution is 2.15. The van der Waals surface area contributed by atoms with Gasteiger partial charge in [-0.15, -0.1) is 0 Å². The first-order chi connectivity index (χ1) is 7.61. The number of nitrogens with zero attached hydrogens (tertiary/aromatic N) is 4. The fourth-order valence-corrected chi connectivity index (χ4v) is 1.36. The van der Waals surface area contributed by atoms with Crippen molar-refractivity contribution in [2.24, 2.45) is 0 Å². The summed E-state index contributed by atoms with van der Waals surface area (Å²) in [6.45, 7) is -0.342. The summed E-state index contributed by atoms with van der Waals surface area (Å²) in [6.07, 6.45) is -0.560. The second-order valence-electron chi connectivity index (χ2n) is 3.28. The quantitative estimate of drug-likeness (QED) is 0.574. The minimum absolute atomic E-state index is 0.0558. The normalized spacial score (nSPS) is 13.2. The van der Waals surface area contributed by atoms with Crippen molar-refractivity contribution in [3.8, 4) is 0 Å². The highest BCUT2D eigenvalue weighted by atomic mass is 19.1. The molecule has 8 heteroatoms. The number of anilines is 1. The van der Waals surface area contributed by atoms with Crippen molar-refractivity contribution in [1.29, 1.82) is 0 Å². The number of fused-ring (bicyclic) bond motifs is 1. The van der Waals surface area contributed by atoms with E-state index < -0.39 is 18.8 Å². The summed E-state index contributed by atoms with van der Waals surface area (Å²) in [7, 11) is 0. The molecule has 2 aromatic heterocycles. The topological polar surface area (TPSA) is 110 Å². The number of nitrogen functional groups attached to an aromatic ring is 1. The number of aliphatic hydroxyl groups is 2. The molecule has 0 spiro atoms. The molecule has 0 saturated carbocycles. The smallest absolute Gasteiger partial charge is 0.312 e. The lowest BCUT2D eigenvalue weighted by Crippen LogP contribution is -2.19. The molecule has 0 bridgehead atoms. The van der Waals surface area contributed by atoms with Crippen LogP contribution in [-0.2, 0) is 6.54 Å². The molecule has 0 aromatic carbocycles. The van der Waals surface area contributed by atoms with Gasteiger partial charge in [-0.25, -0.2) is 4.98 Å². The van der Waals surface area contributed by atoms with Gasteiger partial charge >= 0.3 is 6.08 Å². The summed E-state index contributed by atoms with van der Waals surface area (Å²) in [4.78, 5) is 10.8. The first kappa shape index (κ1) is 10.7. The van der Waals surface area contributed by atoms with E-state index in [0.717, 1.165) is 0 Å². The molecule has 2 heterocycles. The van der Waals surface area contributed by atoms with Crippen LogP contribution in [0.2, 0.25) is 0 Å². The Balaban J connectivity index is 2.47. The van der Waals surface area contributed by atoms with Gasteiger partial charge in [0, 0.05) is 0 Å². The Morgan fingerprint density at radius 1 is 1.50 bits per heavy atom. The van der Waals surface area contributed by atoms with Crippen LogP contribution in [0.25, 0.3) is 11.2 Å². The van der Waals surface area contributed by atoms with Gasteiger partial charge in [-0.3, -0.25) is 0 Å². The zero-order valence-corrected chi connectivity index (χ0v) is 8.21. The molecule has 2 rings (SSSR count). The third-order valence-electron chi connectivity index (χ3n) is 2.08. The molecule has 7 nitrogen and oxygen atoms in total. The molecule has 16 heavy (non-hydrogen) atoms. The number of halogens is 1. The zero-order chi connectivity index (χ0) is 11.7. The predicted molar refractivity (Wildman–Crippen MR) is 52.8 cm³/mol. The van der Waals surface area contributed by atoms with E-state index >= 15 is 0 Å². The van der Waals surface area contributed by atoms with Crippen LogP contribution < -0.4 is 5.73 Å². The second-order valence-corrected chi connectivity index (χ2v) is 3.28. The molecule has 4 N–H and O–H groups in total. The molecule has 0 amide bonds. The van der Waals surface area contributed by atoms with Crippen molar-refractivity contribution in [3.63, 3.8) is 0 Å². The van der Waals surface area contributed by atoms with Gasteiger partial charge in [0.2, 0.25) is 0 Å². The number of rotatable bonds is 3. The Kier molecular flexibility index (Phi) is 2.67. The molecule has 86 valence electrons. The Labute approximate surface area is 89.4 Å². The van der Waals surface area contributed by atoms with E-state index in [-0.39, 0.29) is 23.5 Å². The molecule has 0 saturated heterocycles. The van der Waals surface area contributed by atoms with E-state index in [1.54, 1.807) is 0 Å². The average molecular weight is 227 g/mol. The SMILES string of the molecule is Nc1nc(F)nc2c1ncn2C[C@@H](O)CO. The Bertz CT molecular complexity index is 514. The first-order valence-electron chi connectivity index (χ1n) is 4.54. The van der Waals surface area contributed by atoms with Crippen LogP contribution in [-0.4, -0.2) is 42.4 Å². The van der Waals surface area contributed by atoms with Crippen LogP contribution in [0.4, 0.5) is 10.2 Å². The van der Waals surface area contributed by atoms with Crippen LogP contribution in [0.15, 0.2) is 6.33 Å². The summed E-state index contributed by atoms with van der Waals surface area (Å²) in [5, 5.41) is 18.0. The van der Waals surface area contributed by atoms with Gasteiger partial charge in [-0.1, -0.05) is 0 Å². The minimum atomic E-state index is -0.961. The molecular formula is C8H10FN5O2. The standard InChI is InChI=1S/C8H10FN5O2/c9-8-12-6(10)5-7(13-8)14(3-11-5)1-4(16)2-15/h3-4,15-16H,1-2H2,(H2,10,12,13)/t4-/m1/s1. The van der Waals surface area contributed by atoms with Crippen molar-refractivity contribution in [3.05, 3.63) is 12.4 Å². The highest BCUT2D eigenvalue weighted by Gasteiger charge is 2.13. The van der Waals surface area contributed by atoms with Gasteiger partial charge in [0.05, 0.1) is 25.6 Å². The summed E-state index contributed by atoms with van der Waals surface area (Å²) < 4.78 is 14.3. The van der Waals surface area contributed by atoms with E-state index in [1.807, 2.05) is 0 Å². The van der Waals surface area contributed by atoms with Gasteiger partial charge in [0.15, 0.2) is 11.5 Å². The van der Waals surface area contributed by atoms with Crippen LogP contribution in [0, 0.1) is 6.08 Å². The number of aliphatic hydroxyl groups excluding tert-OH is 2. The van der Waals surface area contributed by atoms with Crippen LogP contribution in [0.5, 0.6) is 0 Å². The molecule has 0 fully saturated rings. The Morgan fingerprint density at radius 3 is 2.94 bits per heavy atom. The minimum Gasteiger partial charge on any atom is -0.394 e. The van der Waals surface area contributed by atoms with Crippen molar-refractivity contribution >= 4 is 17.0 Å². The monoisotopic (exact) mass is 227 g/mol. The second kappa shape index (κ2) is 3.99. The molecule has 1 atom stereocenters. The molecule has 0 aliphatic rings. The molecule has 0 unspecified atom stereocenters. The predicted octanol–water partition coefficient (Wildman–Crippen LogP) is -1.10. The van der Waals surface area contributed by atoms with Crippen LogP contribution >= 0.6 is 0 Å². The van der Waals surface area contributed by atoms with Crippen LogP contribution in [0.1, 0.15) is 0 Å². The van der Waals surface area contributed by atoms with E-state index in [9.17, 15) is 9.50 Å². The number of imidazole rings is 1. The van der Waals surface area contributed by atoms with Gasteiger partial charge in [-0.2, -0.15) is 14.4 Å². The number of hydrogen-bond acceptors (Lipinski definition) is 6. The van der Waals surface area contributed by atoms with Crippen LogP contribution in [0.3, 0.4) is 0 Å². The van der Waals surface area contributed by atoms with Gasteiger partial charge in [0.1, 0.15) is 5.52 Å². The Hall–Kier alpha value is -1.80. The maximum absolute atomic E-state index is 12.9.